The van der Waals surface area contributed by atoms with Crippen molar-refractivity contribution >= 4 is 23.4 Å². The molecule has 0 aliphatic carbocycles. The van der Waals surface area contributed by atoms with Crippen LogP contribution < -0.4 is 10.1 Å². The predicted octanol–water partition coefficient (Wildman–Crippen LogP) is 3.35. The fourth-order valence-corrected chi connectivity index (χ4v) is 3.29. The van der Waals surface area contributed by atoms with Crippen molar-refractivity contribution in [2.75, 3.05) is 17.7 Å². The number of nitrogens with one attached hydrogen (secondary N) is 1. The van der Waals surface area contributed by atoms with Gasteiger partial charge in [-0.1, -0.05) is 49.0 Å². The summed E-state index contributed by atoms with van der Waals surface area (Å²) in [6, 6.07) is 15.3. The van der Waals surface area contributed by atoms with Crippen molar-refractivity contribution in [2.24, 2.45) is 0 Å². The molecular formula is C19H21N5O2S. The third kappa shape index (κ3) is 4.65. The van der Waals surface area contributed by atoms with Gasteiger partial charge in [0, 0.05) is 0 Å². The predicted molar refractivity (Wildman–Crippen MR) is 105 cm³/mol. The third-order valence-electron chi connectivity index (χ3n) is 3.83. The van der Waals surface area contributed by atoms with Gasteiger partial charge in [-0.15, -0.1) is 5.10 Å². The SMILES string of the molecule is CCOc1ccccc1NC(=O)CSc1nnnn1-c1ccccc1CC. The summed E-state index contributed by atoms with van der Waals surface area (Å²) < 4.78 is 7.20. The zero-order valence-corrected chi connectivity index (χ0v) is 16.1. The van der Waals surface area contributed by atoms with E-state index in [-0.39, 0.29) is 11.7 Å². The first-order valence-electron chi connectivity index (χ1n) is 8.74. The molecule has 140 valence electrons. The van der Waals surface area contributed by atoms with Gasteiger partial charge >= 0.3 is 0 Å². The van der Waals surface area contributed by atoms with E-state index in [9.17, 15) is 4.79 Å². The first-order chi connectivity index (χ1) is 13.2. The minimum Gasteiger partial charge on any atom is -0.492 e. The summed E-state index contributed by atoms with van der Waals surface area (Å²) in [6.07, 6.45) is 0.870. The molecule has 0 saturated heterocycles. The van der Waals surface area contributed by atoms with Crippen LogP contribution in [0.2, 0.25) is 0 Å². The molecule has 0 atom stereocenters. The van der Waals surface area contributed by atoms with Crippen LogP contribution in [0.5, 0.6) is 5.75 Å². The Hall–Kier alpha value is -2.87. The van der Waals surface area contributed by atoms with Gasteiger partial charge in [0.1, 0.15) is 5.75 Å². The van der Waals surface area contributed by atoms with Gasteiger partial charge in [-0.2, -0.15) is 4.68 Å². The Kier molecular flexibility index (Phi) is 6.43. The number of carbonyl (C=O) groups is 1. The van der Waals surface area contributed by atoms with Crippen LogP contribution in [-0.2, 0) is 11.2 Å². The van der Waals surface area contributed by atoms with Crippen LogP contribution in [0.25, 0.3) is 5.69 Å². The number of tetrazole rings is 1. The number of thioether (sulfide) groups is 1. The lowest BCUT2D eigenvalue weighted by atomic mass is 10.1. The summed E-state index contributed by atoms with van der Waals surface area (Å²) in [5.74, 6) is 0.695. The number of rotatable bonds is 8. The van der Waals surface area contributed by atoms with Crippen LogP contribution in [0.15, 0.2) is 53.7 Å². The van der Waals surface area contributed by atoms with Gasteiger partial charge in [-0.05, 0) is 47.5 Å². The van der Waals surface area contributed by atoms with Crippen molar-refractivity contribution < 1.29 is 9.53 Å². The molecule has 0 bridgehead atoms. The summed E-state index contributed by atoms with van der Waals surface area (Å²) in [5.41, 5.74) is 2.72. The number of aromatic nitrogens is 4. The van der Waals surface area contributed by atoms with Gasteiger partial charge in [0.2, 0.25) is 11.1 Å². The van der Waals surface area contributed by atoms with E-state index in [1.54, 1.807) is 4.68 Å². The Morgan fingerprint density at radius 2 is 1.93 bits per heavy atom. The van der Waals surface area contributed by atoms with Crippen molar-refractivity contribution in [3.63, 3.8) is 0 Å². The Morgan fingerprint density at radius 1 is 1.15 bits per heavy atom. The number of ether oxygens (including phenoxy) is 1. The summed E-state index contributed by atoms with van der Waals surface area (Å²) in [7, 11) is 0. The van der Waals surface area contributed by atoms with Gasteiger partial charge in [0.05, 0.1) is 23.7 Å². The number of hydrogen-bond acceptors (Lipinski definition) is 6. The molecule has 3 rings (SSSR count). The van der Waals surface area contributed by atoms with Crippen LogP contribution in [-0.4, -0.2) is 38.5 Å². The second kappa shape index (κ2) is 9.18. The number of amides is 1. The Labute approximate surface area is 162 Å². The molecule has 0 radical (unpaired) electrons. The van der Waals surface area contributed by atoms with Gasteiger partial charge in [0.25, 0.3) is 0 Å². The van der Waals surface area contributed by atoms with Gasteiger partial charge < -0.3 is 10.1 Å². The summed E-state index contributed by atoms with van der Waals surface area (Å²) in [6.45, 7) is 4.52. The van der Waals surface area contributed by atoms with Crippen molar-refractivity contribution in [3.05, 3.63) is 54.1 Å². The lowest BCUT2D eigenvalue weighted by Gasteiger charge is -2.11. The molecule has 0 spiro atoms. The average Bonchev–Trinajstić information content (AvgIpc) is 3.16. The highest BCUT2D eigenvalue weighted by molar-refractivity contribution is 7.99. The second-order valence-corrected chi connectivity index (χ2v) is 6.56. The van der Waals surface area contributed by atoms with E-state index in [4.69, 9.17) is 4.74 Å². The lowest BCUT2D eigenvalue weighted by Crippen LogP contribution is -2.15. The summed E-state index contributed by atoms with van der Waals surface area (Å²) >= 11 is 1.29. The van der Waals surface area contributed by atoms with E-state index in [1.807, 2.05) is 55.5 Å². The molecule has 0 aliphatic heterocycles. The van der Waals surface area contributed by atoms with Crippen LogP contribution in [0.3, 0.4) is 0 Å². The highest BCUT2D eigenvalue weighted by Gasteiger charge is 2.14. The Balaban J connectivity index is 1.68. The minimum atomic E-state index is -0.148. The van der Waals surface area contributed by atoms with Crippen LogP contribution in [0, 0.1) is 0 Å². The highest BCUT2D eigenvalue weighted by atomic mass is 32.2. The normalized spacial score (nSPS) is 10.6. The molecule has 27 heavy (non-hydrogen) atoms. The first-order valence-corrected chi connectivity index (χ1v) is 9.72. The number of nitrogens with zero attached hydrogens (tertiary/aromatic N) is 4. The molecule has 1 N–H and O–H groups in total. The molecular weight excluding hydrogens is 362 g/mol. The topological polar surface area (TPSA) is 81.9 Å². The molecule has 7 nitrogen and oxygen atoms in total. The molecule has 1 amide bonds. The number of para-hydroxylation sites is 3. The van der Waals surface area contributed by atoms with Crippen molar-refractivity contribution in [1.29, 1.82) is 0 Å². The Morgan fingerprint density at radius 3 is 2.74 bits per heavy atom. The maximum atomic E-state index is 12.4. The monoisotopic (exact) mass is 383 g/mol. The van der Waals surface area contributed by atoms with Crippen molar-refractivity contribution in [3.8, 4) is 11.4 Å². The molecule has 2 aromatic carbocycles. The number of hydrogen-bond donors (Lipinski definition) is 1. The largest absolute Gasteiger partial charge is 0.492 e. The number of carbonyl (C=O) groups excluding carboxylic acids is 1. The Bertz CT molecular complexity index is 912. The van der Waals surface area contributed by atoms with Gasteiger partial charge in [0.15, 0.2) is 0 Å². The molecule has 0 aliphatic rings. The van der Waals surface area contributed by atoms with E-state index in [2.05, 4.69) is 27.8 Å². The van der Waals surface area contributed by atoms with E-state index in [1.165, 1.54) is 11.8 Å². The molecule has 1 heterocycles. The maximum absolute atomic E-state index is 12.4. The van der Waals surface area contributed by atoms with Crippen molar-refractivity contribution in [2.45, 2.75) is 25.4 Å². The maximum Gasteiger partial charge on any atom is 0.234 e. The quantitative estimate of drug-likeness (QED) is 0.601. The number of anilines is 1. The van der Waals surface area contributed by atoms with Crippen LogP contribution >= 0.6 is 11.8 Å². The molecule has 1 aromatic heterocycles. The molecule has 0 fully saturated rings. The van der Waals surface area contributed by atoms with E-state index in [0.29, 0.717) is 23.2 Å². The minimum absolute atomic E-state index is 0.148. The van der Waals surface area contributed by atoms with Gasteiger partial charge in [-0.3, -0.25) is 4.79 Å². The van der Waals surface area contributed by atoms with Crippen molar-refractivity contribution in [1.82, 2.24) is 20.2 Å². The molecule has 0 saturated carbocycles. The summed E-state index contributed by atoms with van der Waals surface area (Å²) in [4.78, 5) is 12.4. The molecule has 3 aromatic rings. The molecule has 0 unspecified atom stereocenters. The standard InChI is InChI=1S/C19H21N5O2S/c1-3-14-9-5-7-11-16(14)24-19(21-22-23-24)27-13-18(25)20-15-10-6-8-12-17(15)26-4-2/h5-12H,3-4,13H2,1-2H3,(H,20,25). The fourth-order valence-electron chi connectivity index (χ4n) is 2.60. The summed E-state index contributed by atoms with van der Waals surface area (Å²) in [5, 5.41) is 15.3. The zero-order chi connectivity index (χ0) is 19.1. The fraction of sp³-hybridized carbons (Fsp3) is 0.263. The van der Waals surface area contributed by atoms with Crippen LogP contribution in [0.1, 0.15) is 19.4 Å². The number of aryl methyl sites for hydroxylation is 1. The average molecular weight is 383 g/mol. The van der Waals surface area contributed by atoms with E-state index in [0.717, 1.165) is 17.7 Å². The second-order valence-electron chi connectivity index (χ2n) is 5.62. The van der Waals surface area contributed by atoms with Gasteiger partial charge in [-0.25, -0.2) is 0 Å². The van der Waals surface area contributed by atoms with E-state index >= 15 is 0 Å². The van der Waals surface area contributed by atoms with E-state index < -0.39 is 0 Å². The molecule has 8 heteroatoms. The first kappa shape index (κ1) is 18.9. The highest BCUT2D eigenvalue weighted by Crippen LogP contribution is 2.25. The number of benzene rings is 2. The smallest absolute Gasteiger partial charge is 0.234 e. The third-order valence-corrected chi connectivity index (χ3v) is 4.75. The lowest BCUT2D eigenvalue weighted by molar-refractivity contribution is -0.113. The zero-order valence-electron chi connectivity index (χ0n) is 15.3. The van der Waals surface area contributed by atoms with Crippen LogP contribution in [0.4, 0.5) is 5.69 Å².